The van der Waals surface area contributed by atoms with Gasteiger partial charge in [0.2, 0.25) is 5.88 Å². The van der Waals surface area contributed by atoms with Gasteiger partial charge in [0.25, 0.3) is 5.91 Å². The molecule has 0 bridgehead atoms. The Balaban J connectivity index is 1.50. The maximum Gasteiger partial charge on any atom is 0.260 e. The Morgan fingerprint density at radius 3 is 2.88 bits per heavy atom. The smallest absolute Gasteiger partial charge is 0.260 e. The molecule has 0 N–H and O–H groups in total. The third-order valence-corrected chi connectivity index (χ3v) is 4.00. The molecule has 0 saturated carbocycles. The van der Waals surface area contributed by atoms with Crippen molar-refractivity contribution in [2.45, 2.75) is 18.9 Å². The normalized spacial score (nSPS) is 17.4. The molecule has 126 valence electrons. The van der Waals surface area contributed by atoms with Crippen molar-refractivity contribution in [2.75, 3.05) is 19.7 Å². The maximum absolute atomic E-state index is 12.3. The molecular formula is C17H18ClN3O3. The van der Waals surface area contributed by atoms with E-state index >= 15 is 0 Å². The first-order valence-electron chi connectivity index (χ1n) is 7.79. The number of hydrogen-bond donors (Lipinski definition) is 0. The summed E-state index contributed by atoms with van der Waals surface area (Å²) < 4.78 is 11.3. The van der Waals surface area contributed by atoms with Gasteiger partial charge < -0.3 is 14.4 Å². The molecule has 2 aromatic rings. The molecule has 0 spiro atoms. The lowest BCUT2D eigenvalue weighted by molar-refractivity contribution is -0.136. The van der Waals surface area contributed by atoms with Gasteiger partial charge in [0.15, 0.2) is 6.61 Å². The summed E-state index contributed by atoms with van der Waals surface area (Å²) in [5.74, 6) is 1.10. The summed E-state index contributed by atoms with van der Waals surface area (Å²) in [4.78, 5) is 22.0. The predicted octanol–water partition coefficient (Wildman–Crippen LogP) is 2.58. The second-order valence-electron chi connectivity index (χ2n) is 5.51. The number of nitrogens with zero attached hydrogens (tertiary/aromatic N) is 3. The number of halogens is 1. The maximum atomic E-state index is 12.3. The minimum atomic E-state index is -0.0619. The number of piperidine rings is 1. The molecule has 1 saturated heterocycles. The zero-order valence-corrected chi connectivity index (χ0v) is 13.9. The van der Waals surface area contributed by atoms with Crippen LogP contribution in [0.4, 0.5) is 0 Å². The number of hydrogen-bond acceptors (Lipinski definition) is 5. The van der Waals surface area contributed by atoms with Crippen molar-refractivity contribution in [1.82, 2.24) is 14.9 Å². The van der Waals surface area contributed by atoms with Gasteiger partial charge in [0.05, 0.1) is 6.54 Å². The molecule has 6 nitrogen and oxygen atoms in total. The van der Waals surface area contributed by atoms with E-state index in [-0.39, 0.29) is 18.6 Å². The summed E-state index contributed by atoms with van der Waals surface area (Å²) in [6, 6.07) is 8.66. The van der Waals surface area contributed by atoms with E-state index in [0.717, 1.165) is 12.8 Å². The van der Waals surface area contributed by atoms with Gasteiger partial charge in [-0.15, -0.1) is 0 Å². The Kier molecular flexibility index (Phi) is 5.48. The minimum absolute atomic E-state index is 0.00184. The van der Waals surface area contributed by atoms with Crippen molar-refractivity contribution in [1.29, 1.82) is 0 Å². The highest BCUT2D eigenvalue weighted by atomic mass is 35.5. The molecule has 1 aromatic heterocycles. The quantitative estimate of drug-likeness (QED) is 0.831. The summed E-state index contributed by atoms with van der Waals surface area (Å²) in [6.45, 7) is 1.25. The number of rotatable bonds is 5. The number of benzene rings is 1. The number of ether oxygens (including phenoxy) is 2. The van der Waals surface area contributed by atoms with Crippen LogP contribution < -0.4 is 9.47 Å². The van der Waals surface area contributed by atoms with Gasteiger partial charge >= 0.3 is 0 Å². The fourth-order valence-electron chi connectivity index (χ4n) is 2.55. The SMILES string of the molecule is O=C(COc1ccc(Cl)cc1)N1CCC[C@H](Oc2ccncn2)C1. The molecule has 0 radical (unpaired) electrons. The topological polar surface area (TPSA) is 64.5 Å². The highest BCUT2D eigenvalue weighted by Gasteiger charge is 2.25. The van der Waals surface area contributed by atoms with Crippen LogP contribution in [0, 0.1) is 0 Å². The lowest BCUT2D eigenvalue weighted by atomic mass is 10.1. The molecule has 1 aliphatic rings. The van der Waals surface area contributed by atoms with Crippen LogP contribution in [0.5, 0.6) is 11.6 Å². The summed E-state index contributed by atoms with van der Waals surface area (Å²) in [5, 5.41) is 0.634. The minimum Gasteiger partial charge on any atom is -0.484 e. The van der Waals surface area contributed by atoms with Crippen LogP contribution in [0.2, 0.25) is 5.02 Å². The summed E-state index contributed by atoms with van der Waals surface area (Å²) >= 11 is 5.83. The lowest BCUT2D eigenvalue weighted by Gasteiger charge is -2.32. The van der Waals surface area contributed by atoms with Crippen LogP contribution in [0.25, 0.3) is 0 Å². The Morgan fingerprint density at radius 1 is 1.29 bits per heavy atom. The van der Waals surface area contributed by atoms with Gasteiger partial charge in [0, 0.05) is 23.8 Å². The van der Waals surface area contributed by atoms with Gasteiger partial charge in [-0.2, -0.15) is 0 Å². The van der Waals surface area contributed by atoms with E-state index in [2.05, 4.69) is 9.97 Å². The number of aromatic nitrogens is 2. The second kappa shape index (κ2) is 7.97. The van der Waals surface area contributed by atoms with Crippen LogP contribution in [-0.2, 0) is 4.79 Å². The molecule has 0 aliphatic carbocycles. The Bertz CT molecular complexity index is 667. The molecule has 24 heavy (non-hydrogen) atoms. The third-order valence-electron chi connectivity index (χ3n) is 3.75. The first kappa shape index (κ1) is 16.5. The first-order chi connectivity index (χ1) is 11.7. The van der Waals surface area contributed by atoms with E-state index < -0.39 is 0 Å². The summed E-state index contributed by atoms with van der Waals surface area (Å²) in [7, 11) is 0. The van der Waals surface area contributed by atoms with E-state index in [4.69, 9.17) is 21.1 Å². The Hall–Kier alpha value is -2.34. The number of likely N-dealkylation sites (tertiary alicyclic amines) is 1. The molecule has 1 atom stereocenters. The zero-order valence-electron chi connectivity index (χ0n) is 13.1. The molecular weight excluding hydrogens is 330 g/mol. The number of carbonyl (C=O) groups is 1. The Labute approximate surface area is 145 Å². The molecule has 0 unspecified atom stereocenters. The van der Waals surface area contributed by atoms with Crippen molar-refractivity contribution < 1.29 is 14.3 Å². The van der Waals surface area contributed by atoms with Crippen molar-refractivity contribution in [3.63, 3.8) is 0 Å². The lowest BCUT2D eigenvalue weighted by Crippen LogP contribution is -2.46. The van der Waals surface area contributed by atoms with Crippen LogP contribution in [-0.4, -0.2) is 46.6 Å². The molecule has 1 fully saturated rings. The molecule has 3 rings (SSSR count). The molecule has 1 amide bonds. The third kappa shape index (κ3) is 4.58. The van der Waals surface area contributed by atoms with Crippen LogP contribution in [0.1, 0.15) is 12.8 Å². The van der Waals surface area contributed by atoms with Crippen LogP contribution in [0.3, 0.4) is 0 Å². The fraction of sp³-hybridized carbons (Fsp3) is 0.353. The predicted molar refractivity (Wildman–Crippen MR) is 89.2 cm³/mol. The second-order valence-corrected chi connectivity index (χ2v) is 5.95. The van der Waals surface area contributed by atoms with Gasteiger partial charge in [0.1, 0.15) is 18.2 Å². The first-order valence-corrected chi connectivity index (χ1v) is 8.17. The monoisotopic (exact) mass is 347 g/mol. The molecule has 1 aromatic carbocycles. The van der Waals surface area contributed by atoms with Crippen molar-refractivity contribution in [3.05, 3.63) is 47.9 Å². The van der Waals surface area contributed by atoms with Crippen molar-refractivity contribution in [3.8, 4) is 11.6 Å². The largest absolute Gasteiger partial charge is 0.484 e. The average molecular weight is 348 g/mol. The fourth-order valence-corrected chi connectivity index (χ4v) is 2.67. The van der Waals surface area contributed by atoms with Crippen LogP contribution in [0.15, 0.2) is 42.9 Å². The number of amides is 1. The Morgan fingerprint density at radius 2 is 2.12 bits per heavy atom. The van der Waals surface area contributed by atoms with E-state index in [1.54, 1.807) is 41.4 Å². The van der Waals surface area contributed by atoms with Gasteiger partial charge in [-0.25, -0.2) is 9.97 Å². The molecule has 2 heterocycles. The highest BCUT2D eigenvalue weighted by molar-refractivity contribution is 6.30. The van der Waals surface area contributed by atoms with Crippen molar-refractivity contribution >= 4 is 17.5 Å². The molecule has 7 heteroatoms. The summed E-state index contributed by atoms with van der Waals surface area (Å²) in [5.41, 5.74) is 0. The van der Waals surface area contributed by atoms with E-state index in [9.17, 15) is 4.79 Å². The van der Waals surface area contributed by atoms with E-state index in [1.807, 2.05) is 0 Å². The van der Waals surface area contributed by atoms with Crippen LogP contribution >= 0.6 is 11.6 Å². The number of carbonyl (C=O) groups excluding carboxylic acids is 1. The van der Waals surface area contributed by atoms with Gasteiger partial charge in [-0.3, -0.25) is 4.79 Å². The van der Waals surface area contributed by atoms with Crippen molar-refractivity contribution in [2.24, 2.45) is 0 Å². The van der Waals surface area contributed by atoms with Gasteiger partial charge in [-0.1, -0.05) is 11.6 Å². The standard InChI is InChI=1S/C17H18ClN3O3/c18-13-3-5-14(6-4-13)23-11-17(22)21-9-1-2-15(10-21)24-16-7-8-19-12-20-16/h3-8,12,15H,1-2,9-11H2/t15-/m0/s1. The molecule has 1 aliphatic heterocycles. The van der Waals surface area contributed by atoms with E-state index in [0.29, 0.717) is 29.7 Å². The zero-order chi connectivity index (χ0) is 16.8. The van der Waals surface area contributed by atoms with E-state index in [1.165, 1.54) is 6.33 Å². The van der Waals surface area contributed by atoms with Gasteiger partial charge in [-0.05, 0) is 37.1 Å². The summed E-state index contributed by atoms with van der Waals surface area (Å²) in [6.07, 6.45) is 4.80. The average Bonchev–Trinajstić information content (AvgIpc) is 2.62. The highest BCUT2D eigenvalue weighted by Crippen LogP contribution is 2.18.